The molecule has 0 unspecified atom stereocenters. The topological polar surface area (TPSA) is 58.6 Å². The van der Waals surface area contributed by atoms with Gasteiger partial charge < -0.3 is 15.0 Å². The van der Waals surface area contributed by atoms with Gasteiger partial charge in [-0.25, -0.2) is 4.79 Å². The average molecular weight is 308 g/mol. The molecule has 1 N–H and O–H groups in total. The molecule has 0 atom stereocenters. The fraction of sp³-hybridized carbons (Fsp3) is 0.647. The quantitative estimate of drug-likeness (QED) is 0.626. The maximum Gasteiger partial charge on any atom is 0.332 e. The predicted molar refractivity (Wildman–Crippen MR) is 87.1 cm³/mol. The smallest absolute Gasteiger partial charge is 0.332 e. The Hall–Kier alpha value is -1.78. The van der Waals surface area contributed by atoms with Gasteiger partial charge in [-0.05, 0) is 53.5 Å². The summed E-state index contributed by atoms with van der Waals surface area (Å²) >= 11 is 0. The molecule has 1 fully saturated rings. The van der Waals surface area contributed by atoms with Crippen LogP contribution < -0.4 is 5.32 Å². The molecule has 0 aromatic rings. The van der Waals surface area contributed by atoms with E-state index >= 15 is 0 Å². The monoisotopic (exact) mass is 308 g/mol. The standard InChI is InChI=1S/C17H28N2O3/c1-7-14(20)18-13-11-16(3,4)19(17(5,6)12-13)10-9-15(21)22-8-2/h7,9-10,13H,1,8,11-12H2,2-6H3,(H,18,20)/b10-9+. The van der Waals surface area contributed by atoms with Gasteiger partial charge in [-0.1, -0.05) is 6.58 Å². The Balaban J connectivity index is 2.89. The normalized spacial score (nSPS) is 20.7. The first-order chi connectivity index (χ1) is 10.1. The Morgan fingerprint density at radius 1 is 1.27 bits per heavy atom. The first-order valence-corrected chi connectivity index (χ1v) is 7.69. The molecule has 1 heterocycles. The number of esters is 1. The molecule has 0 saturated carbocycles. The predicted octanol–water partition coefficient (Wildman–Crippen LogP) is 2.39. The van der Waals surface area contributed by atoms with Crippen molar-refractivity contribution in [1.82, 2.24) is 10.2 Å². The first kappa shape index (κ1) is 18.3. The van der Waals surface area contributed by atoms with Crippen LogP contribution in [0, 0.1) is 0 Å². The van der Waals surface area contributed by atoms with Crippen molar-refractivity contribution in [2.45, 2.75) is 64.6 Å². The zero-order valence-electron chi connectivity index (χ0n) is 14.3. The van der Waals surface area contributed by atoms with Crippen molar-refractivity contribution in [3.63, 3.8) is 0 Å². The Labute approximate surface area is 133 Å². The first-order valence-electron chi connectivity index (χ1n) is 7.69. The number of piperidine rings is 1. The van der Waals surface area contributed by atoms with Crippen LogP contribution in [0.15, 0.2) is 24.9 Å². The van der Waals surface area contributed by atoms with Crippen LogP contribution in [0.2, 0.25) is 0 Å². The van der Waals surface area contributed by atoms with E-state index in [1.54, 1.807) is 6.92 Å². The van der Waals surface area contributed by atoms with Gasteiger partial charge >= 0.3 is 5.97 Å². The Morgan fingerprint density at radius 3 is 2.27 bits per heavy atom. The minimum atomic E-state index is -0.337. The number of ether oxygens (including phenoxy) is 1. The minimum Gasteiger partial charge on any atom is -0.463 e. The third-order valence-electron chi connectivity index (χ3n) is 3.97. The summed E-state index contributed by atoms with van der Waals surface area (Å²) in [6, 6.07) is 0.0859. The van der Waals surface area contributed by atoms with Gasteiger partial charge in [0.05, 0.1) is 6.61 Å². The highest BCUT2D eigenvalue weighted by molar-refractivity contribution is 5.87. The van der Waals surface area contributed by atoms with Crippen LogP contribution in [-0.2, 0) is 14.3 Å². The lowest BCUT2D eigenvalue weighted by molar-refractivity contribution is -0.137. The molecule has 5 nitrogen and oxygen atoms in total. The van der Waals surface area contributed by atoms with Crippen molar-refractivity contribution in [2.24, 2.45) is 0 Å². The van der Waals surface area contributed by atoms with E-state index in [0.29, 0.717) is 6.61 Å². The second kappa shape index (κ2) is 6.99. The van der Waals surface area contributed by atoms with Crippen molar-refractivity contribution in [3.05, 3.63) is 24.9 Å². The molecule has 0 radical (unpaired) electrons. The fourth-order valence-corrected chi connectivity index (χ4v) is 3.39. The van der Waals surface area contributed by atoms with E-state index in [1.165, 1.54) is 12.2 Å². The number of nitrogens with zero attached hydrogens (tertiary/aromatic N) is 1. The van der Waals surface area contributed by atoms with Crippen molar-refractivity contribution in [3.8, 4) is 0 Å². The fourth-order valence-electron chi connectivity index (χ4n) is 3.39. The summed E-state index contributed by atoms with van der Waals surface area (Å²) in [5.74, 6) is -0.483. The number of likely N-dealkylation sites (tertiary alicyclic amines) is 1. The molecular formula is C17H28N2O3. The van der Waals surface area contributed by atoms with E-state index in [0.717, 1.165) is 12.8 Å². The Kier molecular flexibility index (Phi) is 5.80. The number of carbonyl (C=O) groups is 2. The third-order valence-corrected chi connectivity index (χ3v) is 3.97. The Morgan fingerprint density at radius 2 is 1.82 bits per heavy atom. The van der Waals surface area contributed by atoms with Crippen molar-refractivity contribution in [2.75, 3.05) is 6.61 Å². The van der Waals surface area contributed by atoms with Crippen LogP contribution in [0.4, 0.5) is 0 Å². The average Bonchev–Trinajstić information content (AvgIpc) is 2.35. The maximum atomic E-state index is 11.6. The molecule has 124 valence electrons. The van der Waals surface area contributed by atoms with E-state index in [-0.39, 0.29) is 29.0 Å². The second-order valence-electron chi connectivity index (χ2n) is 6.88. The molecular weight excluding hydrogens is 280 g/mol. The highest BCUT2D eigenvalue weighted by atomic mass is 16.5. The molecule has 0 aromatic heterocycles. The molecule has 5 heteroatoms. The lowest BCUT2D eigenvalue weighted by atomic mass is 9.77. The molecule has 22 heavy (non-hydrogen) atoms. The molecule has 1 aliphatic heterocycles. The zero-order chi connectivity index (χ0) is 17.0. The third kappa shape index (κ3) is 4.61. The van der Waals surface area contributed by atoms with Crippen molar-refractivity contribution < 1.29 is 14.3 Å². The zero-order valence-corrected chi connectivity index (χ0v) is 14.3. The molecule has 0 aliphatic carbocycles. The maximum absolute atomic E-state index is 11.6. The molecule has 1 amide bonds. The van der Waals surface area contributed by atoms with E-state index < -0.39 is 0 Å². The van der Waals surface area contributed by atoms with E-state index in [4.69, 9.17) is 4.74 Å². The molecule has 1 saturated heterocycles. The minimum absolute atomic E-state index is 0.0859. The van der Waals surface area contributed by atoms with E-state index in [9.17, 15) is 9.59 Å². The van der Waals surface area contributed by atoms with E-state index in [2.05, 4.69) is 44.5 Å². The second-order valence-corrected chi connectivity index (χ2v) is 6.88. The molecule has 1 rings (SSSR count). The summed E-state index contributed by atoms with van der Waals surface area (Å²) in [4.78, 5) is 25.3. The summed E-state index contributed by atoms with van der Waals surface area (Å²) in [6.45, 7) is 14.1. The van der Waals surface area contributed by atoms with Gasteiger partial charge in [0.15, 0.2) is 0 Å². The number of rotatable bonds is 5. The van der Waals surface area contributed by atoms with Gasteiger partial charge in [-0.15, -0.1) is 0 Å². The van der Waals surface area contributed by atoms with Crippen LogP contribution >= 0.6 is 0 Å². The number of nitrogens with one attached hydrogen (secondary N) is 1. The molecule has 0 aromatic carbocycles. The van der Waals surface area contributed by atoms with Gasteiger partial charge in [0, 0.05) is 29.4 Å². The van der Waals surface area contributed by atoms with Gasteiger partial charge in [0.25, 0.3) is 0 Å². The van der Waals surface area contributed by atoms with Gasteiger partial charge in [0.1, 0.15) is 0 Å². The number of carbonyl (C=O) groups excluding carboxylic acids is 2. The van der Waals surface area contributed by atoms with Gasteiger partial charge in [-0.3, -0.25) is 4.79 Å². The largest absolute Gasteiger partial charge is 0.463 e. The molecule has 0 bridgehead atoms. The Bertz CT molecular complexity index is 449. The van der Waals surface area contributed by atoms with Crippen molar-refractivity contribution in [1.29, 1.82) is 0 Å². The summed E-state index contributed by atoms with van der Waals surface area (Å²) in [5.41, 5.74) is -0.381. The molecule has 0 spiro atoms. The number of amides is 1. The van der Waals surface area contributed by atoms with E-state index in [1.807, 2.05) is 6.20 Å². The summed E-state index contributed by atoms with van der Waals surface area (Å²) < 4.78 is 4.94. The van der Waals surface area contributed by atoms with Gasteiger partial charge in [0.2, 0.25) is 5.91 Å². The highest BCUT2D eigenvalue weighted by Crippen LogP contribution is 2.38. The summed E-state index contributed by atoms with van der Waals surface area (Å²) in [5, 5.41) is 2.99. The highest BCUT2D eigenvalue weighted by Gasteiger charge is 2.43. The van der Waals surface area contributed by atoms with Crippen LogP contribution in [-0.4, -0.2) is 40.5 Å². The summed E-state index contributed by atoms with van der Waals surface area (Å²) in [7, 11) is 0. The van der Waals surface area contributed by atoms with Crippen LogP contribution in [0.25, 0.3) is 0 Å². The number of hydrogen-bond donors (Lipinski definition) is 1. The van der Waals surface area contributed by atoms with Gasteiger partial charge in [-0.2, -0.15) is 0 Å². The summed E-state index contributed by atoms with van der Waals surface area (Å²) in [6.07, 6.45) is 6.17. The van der Waals surface area contributed by atoms with Crippen LogP contribution in [0.1, 0.15) is 47.5 Å². The lowest BCUT2D eigenvalue weighted by Gasteiger charge is -2.55. The van der Waals surface area contributed by atoms with Crippen LogP contribution in [0.3, 0.4) is 0 Å². The SMILES string of the molecule is C=CC(=O)NC1CC(C)(C)N(/C=C/C(=O)OCC)C(C)(C)C1. The molecule has 1 aliphatic rings. The number of hydrogen-bond acceptors (Lipinski definition) is 4. The lowest BCUT2D eigenvalue weighted by Crippen LogP contribution is -2.62. The van der Waals surface area contributed by atoms with Crippen molar-refractivity contribution >= 4 is 11.9 Å². The van der Waals surface area contributed by atoms with Crippen LogP contribution in [0.5, 0.6) is 0 Å².